The third-order valence-corrected chi connectivity index (χ3v) is 7.55. The number of esters is 1. The van der Waals surface area contributed by atoms with Crippen LogP contribution in [0.15, 0.2) is 71.7 Å². The summed E-state index contributed by atoms with van der Waals surface area (Å²) >= 11 is 8.42. The van der Waals surface area contributed by atoms with Crippen LogP contribution in [0.1, 0.15) is 29.2 Å². The van der Waals surface area contributed by atoms with Crippen LogP contribution in [-0.2, 0) is 16.1 Å². The Hall–Kier alpha value is -3.67. The first-order chi connectivity index (χ1) is 18.8. The quantitative estimate of drug-likeness (QED) is 0.119. The molecule has 2 aromatic heterocycles. The van der Waals surface area contributed by atoms with E-state index in [1.807, 2.05) is 11.5 Å². The number of amides is 1. The molecule has 0 fully saturated rings. The highest BCUT2D eigenvalue weighted by atomic mass is 35.5. The number of thiophene rings is 1. The first-order valence-corrected chi connectivity index (χ1v) is 13.9. The Morgan fingerprint density at radius 3 is 2.72 bits per heavy atom. The van der Waals surface area contributed by atoms with Gasteiger partial charge in [-0.05, 0) is 42.8 Å². The fraction of sp³-hybridized carbons (Fsp3) is 0.185. The highest BCUT2D eigenvalue weighted by Crippen LogP contribution is 2.36. The monoisotopic (exact) mass is 586 g/mol. The van der Waals surface area contributed by atoms with Crippen molar-refractivity contribution in [1.82, 2.24) is 14.8 Å². The van der Waals surface area contributed by atoms with E-state index >= 15 is 0 Å². The van der Waals surface area contributed by atoms with Crippen molar-refractivity contribution in [2.45, 2.75) is 24.7 Å². The second-order valence-corrected chi connectivity index (χ2v) is 10.4. The van der Waals surface area contributed by atoms with E-state index in [1.165, 1.54) is 42.3 Å². The lowest BCUT2D eigenvalue weighted by molar-refractivity contribution is -0.113. The summed E-state index contributed by atoms with van der Waals surface area (Å²) in [5.41, 5.74) is 1.37. The zero-order chi connectivity index (χ0) is 27.9. The molecule has 0 saturated carbocycles. The summed E-state index contributed by atoms with van der Waals surface area (Å²) in [5, 5.41) is 14.4. The molecule has 1 atom stereocenters. The summed E-state index contributed by atoms with van der Waals surface area (Å²) in [7, 11) is 1.26. The molecule has 8 nitrogen and oxygen atoms in total. The van der Waals surface area contributed by atoms with Crippen molar-refractivity contribution >= 4 is 51.6 Å². The maximum atomic E-state index is 13.4. The summed E-state index contributed by atoms with van der Waals surface area (Å²) < 4.78 is 26.1. The van der Waals surface area contributed by atoms with E-state index in [0.29, 0.717) is 44.4 Å². The number of thioether (sulfide) groups is 1. The number of allylic oxidation sites excluding steroid dienone is 1. The SMILES string of the molecule is C=CCn1c(SCC(=O)Nc2scc(-c3ccc(F)cc3)c2C(=O)OC)nnc1C(C)Oc1cccc(Cl)c1. The molecule has 4 aromatic rings. The number of anilines is 1. The molecule has 0 spiro atoms. The van der Waals surface area contributed by atoms with Crippen LogP contribution < -0.4 is 10.1 Å². The van der Waals surface area contributed by atoms with Crippen LogP contribution >= 0.6 is 34.7 Å². The van der Waals surface area contributed by atoms with E-state index in [4.69, 9.17) is 21.1 Å². The van der Waals surface area contributed by atoms with E-state index in [1.54, 1.807) is 47.9 Å². The number of ether oxygens (including phenoxy) is 2. The van der Waals surface area contributed by atoms with Gasteiger partial charge in [-0.3, -0.25) is 9.36 Å². The minimum absolute atomic E-state index is 0.00318. The second-order valence-electron chi connectivity index (χ2n) is 8.15. The predicted molar refractivity (Wildman–Crippen MR) is 151 cm³/mol. The number of benzene rings is 2. The van der Waals surface area contributed by atoms with Crippen molar-refractivity contribution in [3.8, 4) is 16.9 Å². The van der Waals surface area contributed by atoms with Crippen molar-refractivity contribution in [3.05, 3.63) is 88.8 Å². The van der Waals surface area contributed by atoms with Crippen LogP contribution in [0.5, 0.6) is 5.75 Å². The molecule has 0 aliphatic rings. The minimum atomic E-state index is -0.609. The average molecular weight is 587 g/mol. The molecule has 12 heteroatoms. The summed E-state index contributed by atoms with van der Waals surface area (Å²) in [4.78, 5) is 25.4. The van der Waals surface area contributed by atoms with Gasteiger partial charge < -0.3 is 14.8 Å². The molecule has 4 rings (SSSR count). The molecule has 1 amide bonds. The Bertz CT molecular complexity index is 1490. The molecule has 39 heavy (non-hydrogen) atoms. The molecule has 0 aliphatic heterocycles. The standard InChI is InChI=1S/C27H24ClFN4O4S2/c1-4-12-33-24(16(2)37-20-7-5-6-18(28)13-20)31-32-27(33)39-15-22(34)30-25-23(26(35)36-3)21(14-38-25)17-8-10-19(29)11-9-17/h4-11,13-14,16H,1,12,15H2,2-3H3,(H,30,34). The number of aromatic nitrogens is 3. The number of carbonyl (C=O) groups is 2. The van der Waals surface area contributed by atoms with Crippen LogP contribution in [-0.4, -0.2) is 39.5 Å². The van der Waals surface area contributed by atoms with Gasteiger partial charge in [-0.25, -0.2) is 9.18 Å². The number of hydrogen-bond donors (Lipinski definition) is 1. The van der Waals surface area contributed by atoms with Crippen molar-refractivity contribution in [1.29, 1.82) is 0 Å². The largest absolute Gasteiger partial charge is 0.483 e. The fourth-order valence-electron chi connectivity index (χ4n) is 3.69. The third kappa shape index (κ3) is 6.86. The van der Waals surface area contributed by atoms with Crippen LogP contribution in [0.3, 0.4) is 0 Å². The molecular weight excluding hydrogens is 563 g/mol. The number of nitrogens with one attached hydrogen (secondary N) is 1. The van der Waals surface area contributed by atoms with E-state index in [9.17, 15) is 14.0 Å². The minimum Gasteiger partial charge on any atom is -0.483 e. The van der Waals surface area contributed by atoms with Gasteiger partial charge >= 0.3 is 5.97 Å². The Morgan fingerprint density at radius 2 is 2.03 bits per heavy atom. The van der Waals surface area contributed by atoms with E-state index < -0.39 is 17.9 Å². The zero-order valence-electron chi connectivity index (χ0n) is 21.0. The molecule has 2 heterocycles. The van der Waals surface area contributed by atoms with Gasteiger partial charge in [0, 0.05) is 22.5 Å². The number of nitrogens with zero attached hydrogens (tertiary/aromatic N) is 3. The van der Waals surface area contributed by atoms with E-state index in [-0.39, 0.29) is 17.2 Å². The highest BCUT2D eigenvalue weighted by molar-refractivity contribution is 7.99. The van der Waals surface area contributed by atoms with Crippen molar-refractivity contribution < 1.29 is 23.5 Å². The molecule has 0 saturated heterocycles. The van der Waals surface area contributed by atoms with Crippen LogP contribution in [0.2, 0.25) is 5.02 Å². The zero-order valence-corrected chi connectivity index (χ0v) is 23.4. The second kappa shape index (κ2) is 12.9. The van der Waals surface area contributed by atoms with Crippen molar-refractivity contribution in [2.75, 3.05) is 18.2 Å². The Morgan fingerprint density at radius 1 is 1.26 bits per heavy atom. The molecule has 1 unspecified atom stereocenters. The number of hydrogen-bond acceptors (Lipinski definition) is 8. The van der Waals surface area contributed by atoms with Gasteiger partial charge in [-0.15, -0.1) is 28.1 Å². The van der Waals surface area contributed by atoms with Gasteiger partial charge in [0.15, 0.2) is 17.1 Å². The fourth-order valence-corrected chi connectivity index (χ4v) is 5.60. The number of methoxy groups -OCH3 is 1. The van der Waals surface area contributed by atoms with Gasteiger partial charge in [0.25, 0.3) is 0 Å². The van der Waals surface area contributed by atoms with E-state index in [2.05, 4.69) is 22.1 Å². The first kappa shape index (κ1) is 28.3. The smallest absolute Gasteiger partial charge is 0.341 e. The Labute approximate surface area is 237 Å². The predicted octanol–water partition coefficient (Wildman–Crippen LogP) is 6.64. The molecular formula is C27H24ClFN4O4S2. The molecule has 0 aliphatic carbocycles. The lowest BCUT2D eigenvalue weighted by Crippen LogP contribution is -2.17. The normalized spacial score (nSPS) is 11.6. The van der Waals surface area contributed by atoms with Crippen molar-refractivity contribution in [3.63, 3.8) is 0 Å². The maximum absolute atomic E-state index is 13.4. The summed E-state index contributed by atoms with van der Waals surface area (Å²) in [5.74, 6) is -0.194. The summed E-state index contributed by atoms with van der Waals surface area (Å²) in [6, 6.07) is 12.8. The van der Waals surface area contributed by atoms with Crippen LogP contribution in [0, 0.1) is 5.82 Å². The first-order valence-electron chi connectivity index (χ1n) is 11.6. The van der Waals surface area contributed by atoms with Gasteiger partial charge in [0.2, 0.25) is 5.91 Å². The highest BCUT2D eigenvalue weighted by Gasteiger charge is 2.24. The van der Waals surface area contributed by atoms with Gasteiger partial charge in [0.05, 0.1) is 12.9 Å². The van der Waals surface area contributed by atoms with Crippen molar-refractivity contribution in [2.24, 2.45) is 0 Å². The summed E-state index contributed by atoms with van der Waals surface area (Å²) in [6.45, 7) is 6.06. The maximum Gasteiger partial charge on any atom is 0.341 e. The number of rotatable bonds is 11. The number of halogens is 2. The molecule has 2 aromatic carbocycles. The van der Waals surface area contributed by atoms with E-state index in [0.717, 1.165) is 0 Å². The molecule has 0 radical (unpaired) electrons. The molecule has 202 valence electrons. The average Bonchev–Trinajstić information content (AvgIpc) is 3.52. The third-order valence-electron chi connectivity index (χ3n) is 5.45. The van der Waals surface area contributed by atoms with Gasteiger partial charge in [-0.2, -0.15) is 0 Å². The topological polar surface area (TPSA) is 95.3 Å². The lowest BCUT2D eigenvalue weighted by Gasteiger charge is -2.16. The summed E-state index contributed by atoms with van der Waals surface area (Å²) in [6.07, 6.45) is 1.26. The molecule has 1 N–H and O–H groups in total. The molecule has 0 bridgehead atoms. The Balaban J connectivity index is 1.47. The Kier molecular flexibility index (Phi) is 9.39. The van der Waals surface area contributed by atoms with Crippen LogP contribution in [0.4, 0.5) is 9.39 Å². The number of carbonyl (C=O) groups excluding carboxylic acids is 2. The van der Waals surface area contributed by atoms with Crippen LogP contribution in [0.25, 0.3) is 11.1 Å². The van der Waals surface area contributed by atoms with Gasteiger partial charge in [-0.1, -0.05) is 47.6 Å². The van der Waals surface area contributed by atoms with Gasteiger partial charge in [0.1, 0.15) is 22.1 Å². The lowest BCUT2D eigenvalue weighted by atomic mass is 10.0.